The maximum atomic E-state index is 6.18. The summed E-state index contributed by atoms with van der Waals surface area (Å²) in [6.45, 7) is 3.53. The van der Waals surface area contributed by atoms with Gasteiger partial charge in [-0.3, -0.25) is 4.57 Å². The molecule has 0 N–H and O–H groups in total. The number of aromatic nitrogens is 3. The highest BCUT2D eigenvalue weighted by atomic mass is 16.5. The molecule has 1 aromatic carbocycles. The molecule has 2 aromatic heterocycles. The normalized spacial score (nSPS) is 21.2. The molecule has 2 saturated heterocycles. The summed E-state index contributed by atoms with van der Waals surface area (Å²) >= 11 is 0. The summed E-state index contributed by atoms with van der Waals surface area (Å²) in [5, 5.41) is 0. The van der Waals surface area contributed by atoms with E-state index in [4.69, 9.17) is 14.5 Å². The first kappa shape index (κ1) is 16.7. The monoisotopic (exact) mass is 364 g/mol. The maximum absolute atomic E-state index is 6.18. The van der Waals surface area contributed by atoms with Gasteiger partial charge in [0.1, 0.15) is 18.0 Å². The molecule has 0 saturated carbocycles. The molecule has 2 aliphatic rings. The summed E-state index contributed by atoms with van der Waals surface area (Å²) in [6, 6.07) is 14.3. The molecule has 0 radical (unpaired) electrons. The van der Waals surface area contributed by atoms with Gasteiger partial charge in [0.25, 0.3) is 0 Å². The smallest absolute Gasteiger partial charge is 0.140 e. The molecule has 4 heterocycles. The molecule has 140 valence electrons. The Morgan fingerprint density at radius 2 is 1.78 bits per heavy atom. The van der Waals surface area contributed by atoms with E-state index in [2.05, 4.69) is 32.7 Å². The number of nitrogens with zero attached hydrogens (tertiary/aromatic N) is 4. The van der Waals surface area contributed by atoms with Gasteiger partial charge in [-0.2, -0.15) is 0 Å². The second-order valence-corrected chi connectivity index (χ2v) is 7.27. The van der Waals surface area contributed by atoms with Gasteiger partial charge >= 0.3 is 0 Å². The van der Waals surface area contributed by atoms with E-state index in [0.717, 1.165) is 68.2 Å². The minimum absolute atomic E-state index is 0.289. The van der Waals surface area contributed by atoms with Gasteiger partial charge in [0.15, 0.2) is 0 Å². The van der Waals surface area contributed by atoms with Crippen LogP contribution < -0.4 is 4.90 Å². The van der Waals surface area contributed by atoms with Gasteiger partial charge in [-0.15, -0.1) is 0 Å². The van der Waals surface area contributed by atoms with Gasteiger partial charge in [-0.1, -0.05) is 18.2 Å². The summed E-state index contributed by atoms with van der Waals surface area (Å²) in [6.07, 6.45) is 5.59. The molecule has 0 aliphatic carbocycles. The van der Waals surface area contributed by atoms with Crippen LogP contribution in [0.25, 0.3) is 16.9 Å². The summed E-state index contributed by atoms with van der Waals surface area (Å²) in [7, 11) is 0. The average Bonchev–Trinajstić information content (AvgIpc) is 3.38. The van der Waals surface area contributed by atoms with Gasteiger partial charge in [0, 0.05) is 19.7 Å². The number of imidazole rings is 1. The summed E-state index contributed by atoms with van der Waals surface area (Å²) in [4.78, 5) is 11.7. The summed E-state index contributed by atoms with van der Waals surface area (Å²) in [5.41, 5.74) is 2.06. The number of hydrogen-bond acceptors (Lipinski definition) is 5. The number of rotatable bonds is 4. The van der Waals surface area contributed by atoms with Crippen molar-refractivity contribution in [2.45, 2.75) is 31.5 Å². The summed E-state index contributed by atoms with van der Waals surface area (Å²) < 4.78 is 13.6. The van der Waals surface area contributed by atoms with Crippen LogP contribution in [-0.2, 0) is 9.47 Å². The number of pyridine rings is 1. The second kappa shape index (κ2) is 7.29. The molecular formula is C21H24N4O2. The predicted octanol–water partition coefficient (Wildman–Crippen LogP) is 3.19. The lowest BCUT2D eigenvalue weighted by Gasteiger charge is -2.34. The van der Waals surface area contributed by atoms with Crippen molar-refractivity contribution in [2.75, 3.05) is 31.2 Å². The largest absolute Gasteiger partial charge is 0.379 e. The number of para-hydroxylation sites is 2. The first-order valence-corrected chi connectivity index (χ1v) is 9.74. The number of fused-ring (bicyclic) bond motifs is 1. The first-order chi connectivity index (χ1) is 13.4. The van der Waals surface area contributed by atoms with E-state index in [1.807, 2.05) is 30.6 Å². The molecule has 2 fully saturated rings. The van der Waals surface area contributed by atoms with Crippen molar-refractivity contribution in [2.24, 2.45) is 0 Å². The Kier molecular flexibility index (Phi) is 4.51. The molecule has 0 bridgehead atoms. The summed E-state index contributed by atoms with van der Waals surface area (Å²) in [5.74, 6) is 1.93. The predicted molar refractivity (Wildman–Crippen MR) is 104 cm³/mol. The van der Waals surface area contributed by atoms with E-state index in [-0.39, 0.29) is 6.10 Å². The van der Waals surface area contributed by atoms with E-state index < -0.39 is 0 Å². The SMILES string of the molecule is c1cc(N2CCC(OC3CCOC3)CC2)nc(-n2cnc3ccccc32)c1. The third kappa shape index (κ3) is 3.42. The quantitative estimate of drug-likeness (QED) is 0.712. The average molecular weight is 364 g/mol. The van der Waals surface area contributed by atoms with Crippen molar-refractivity contribution >= 4 is 16.9 Å². The standard InChI is InChI=1S/C21H24N4O2/c1-2-5-19-18(4-1)22-15-25(19)21-7-3-6-20(23-21)24-11-8-16(9-12-24)27-17-10-13-26-14-17/h1-7,15-17H,8-14H2. The highest BCUT2D eigenvalue weighted by molar-refractivity contribution is 5.76. The lowest BCUT2D eigenvalue weighted by Crippen LogP contribution is -2.39. The van der Waals surface area contributed by atoms with Gasteiger partial charge in [0.05, 0.1) is 29.8 Å². The highest BCUT2D eigenvalue weighted by Crippen LogP contribution is 2.24. The van der Waals surface area contributed by atoms with Gasteiger partial charge in [0.2, 0.25) is 0 Å². The van der Waals surface area contributed by atoms with Crippen LogP contribution >= 0.6 is 0 Å². The molecule has 2 aliphatic heterocycles. The van der Waals surface area contributed by atoms with Crippen LogP contribution in [-0.4, -0.2) is 53.0 Å². The third-order valence-corrected chi connectivity index (χ3v) is 5.46. The molecule has 3 aromatic rings. The molecule has 27 heavy (non-hydrogen) atoms. The number of ether oxygens (including phenoxy) is 2. The Morgan fingerprint density at radius 1 is 0.926 bits per heavy atom. The lowest BCUT2D eigenvalue weighted by atomic mass is 10.1. The number of hydrogen-bond donors (Lipinski definition) is 0. The third-order valence-electron chi connectivity index (χ3n) is 5.46. The number of benzene rings is 1. The topological polar surface area (TPSA) is 52.4 Å². The Bertz CT molecular complexity index is 911. The fourth-order valence-electron chi connectivity index (χ4n) is 3.98. The molecule has 0 amide bonds. The minimum Gasteiger partial charge on any atom is -0.379 e. The number of piperidine rings is 1. The Hall–Kier alpha value is -2.44. The highest BCUT2D eigenvalue weighted by Gasteiger charge is 2.25. The Labute approximate surface area is 158 Å². The molecule has 6 nitrogen and oxygen atoms in total. The van der Waals surface area contributed by atoms with E-state index in [1.165, 1.54) is 0 Å². The van der Waals surface area contributed by atoms with Crippen LogP contribution in [0.4, 0.5) is 5.82 Å². The molecular weight excluding hydrogens is 340 g/mol. The lowest BCUT2D eigenvalue weighted by molar-refractivity contribution is -0.0261. The van der Waals surface area contributed by atoms with E-state index in [1.54, 1.807) is 0 Å². The van der Waals surface area contributed by atoms with E-state index >= 15 is 0 Å². The first-order valence-electron chi connectivity index (χ1n) is 9.74. The van der Waals surface area contributed by atoms with Crippen molar-refractivity contribution in [3.8, 4) is 5.82 Å². The zero-order valence-corrected chi connectivity index (χ0v) is 15.3. The van der Waals surface area contributed by atoms with E-state index in [9.17, 15) is 0 Å². The van der Waals surface area contributed by atoms with Crippen LogP contribution in [0.3, 0.4) is 0 Å². The van der Waals surface area contributed by atoms with Crippen molar-refractivity contribution < 1.29 is 9.47 Å². The van der Waals surface area contributed by atoms with Crippen molar-refractivity contribution in [1.82, 2.24) is 14.5 Å². The van der Waals surface area contributed by atoms with Crippen LogP contribution in [0, 0.1) is 0 Å². The van der Waals surface area contributed by atoms with Gasteiger partial charge in [-0.05, 0) is 43.5 Å². The zero-order chi connectivity index (χ0) is 18.1. The molecule has 5 rings (SSSR count). The van der Waals surface area contributed by atoms with Crippen LogP contribution in [0.1, 0.15) is 19.3 Å². The molecule has 6 heteroatoms. The van der Waals surface area contributed by atoms with Crippen LogP contribution in [0.5, 0.6) is 0 Å². The van der Waals surface area contributed by atoms with Crippen LogP contribution in [0.2, 0.25) is 0 Å². The van der Waals surface area contributed by atoms with Crippen molar-refractivity contribution in [3.05, 3.63) is 48.8 Å². The van der Waals surface area contributed by atoms with Gasteiger partial charge < -0.3 is 14.4 Å². The Balaban J connectivity index is 1.30. The second-order valence-electron chi connectivity index (χ2n) is 7.27. The van der Waals surface area contributed by atoms with Crippen LogP contribution in [0.15, 0.2) is 48.8 Å². The maximum Gasteiger partial charge on any atom is 0.140 e. The van der Waals surface area contributed by atoms with Gasteiger partial charge in [-0.25, -0.2) is 9.97 Å². The van der Waals surface area contributed by atoms with Crippen molar-refractivity contribution in [1.29, 1.82) is 0 Å². The Morgan fingerprint density at radius 3 is 2.63 bits per heavy atom. The molecule has 1 atom stereocenters. The molecule has 1 unspecified atom stereocenters. The molecule has 0 spiro atoms. The van der Waals surface area contributed by atoms with E-state index in [0.29, 0.717) is 6.10 Å². The fraction of sp³-hybridized carbons (Fsp3) is 0.429. The minimum atomic E-state index is 0.289. The number of anilines is 1. The van der Waals surface area contributed by atoms with Crippen molar-refractivity contribution in [3.63, 3.8) is 0 Å². The zero-order valence-electron chi connectivity index (χ0n) is 15.3. The fourth-order valence-corrected chi connectivity index (χ4v) is 3.98.